The maximum atomic E-state index is 12.4. The smallest absolute Gasteiger partial charge is 0.139 e. The number of aliphatic hydroxyl groups excluding tert-OH is 1. The van der Waals surface area contributed by atoms with Gasteiger partial charge in [0.25, 0.3) is 0 Å². The van der Waals surface area contributed by atoms with Crippen LogP contribution in [0.25, 0.3) is 0 Å². The lowest BCUT2D eigenvalue weighted by Gasteiger charge is -2.64. The molecule has 3 nitrogen and oxygen atoms in total. The first kappa shape index (κ1) is 15.8. The summed E-state index contributed by atoms with van der Waals surface area (Å²) in [6, 6.07) is 0. The second kappa shape index (κ2) is 4.91. The lowest BCUT2D eigenvalue weighted by Crippen LogP contribution is -2.60. The summed E-state index contributed by atoms with van der Waals surface area (Å²) in [5.74, 6) is 2.45. The second-order valence-electron chi connectivity index (χ2n) is 9.42. The Kier molecular flexibility index (Phi) is 3.37. The molecule has 4 aliphatic carbocycles. The number of hydrogen-bond acceptors (Lipinski definition) is 3. The van der Waals surface area contributed by atoms with Crippen LogP contribution in [0.2, 0.25) is 0 Å². The topological polar surface area (TPSA) is 54.4 Å². The third-order valence-corrected chi connectivity index (χ3v) is 8.81. The molecule has 1 N–H and O–H groups in total. The Hall–Kier alpha value is -0.700. The van der Waals surface area contributed by atoms with E-state index in [-0.39, 0.29) is 22.9 Å². The van der Waals surface area contributed by atoms with Crippen molar-refractivity contribution in [1.29, 1.82) is 0 Å². The summed E-state index contributed by atoms with van der Waals surface area (Å²) in [5.41, 5.74) is -0.221. The average molecular weight is 318 g/mol. The molecule has 0 bridgehead atoms. The molecule has 0 spiro atoms. The van der Waals surface area contributed by atoms with Crippen molar-refractivity contribution < 1.29 is 14.7 Å². The molecule has 4 fully saturated rings. The number of fused-ring (bicyclic) bond motifs is 5. The van der Waals surface area contributed by atoms with Crippen molar-refractivity contribution >= 4 is 11.6 Å². The van der Waals surface area contributed by atoms with Gasteiger partial charge in [0.15, 0.2) is 0 Å². The summed E-state index contributed by atoms with van der Waals surface area (Å²) >= 11 is 0. The molecule has 0 saturated heterocycles. The lowest BCUT2D eigenvalue weighted by molar-refractivity contribution is -0.181. The highest BCUT2D eigenvalue weighted by molar-refractivity contribution is 5.87. The van der Waals surface area contributed by atoms with E-state index in [4.69, 9.17) is 0 Å². The van der Waals surface area contributed by atoms with Crippen LogP contribution in [0.5, 0.6) is 0 Å². The van der Waals surface area contributed by atoms with E-state index in [1.54, 1.807) is 0 Å². The number of rotatable bonds is 1. The van der Waals surface area contributed by atoms with E-state index in [0.29, 0.717) is 42.2 Å². The second-order valence-corrected chi connectivity index (χ2v) is 9.42. The number of carbonyl (C=O) groups is 2. The molecule has 4 saturated carbocycles. The number of ketones is 2. The first-order chi connectivity index (χ1) is 10.9. The molecule has 6 atom stereocenters. The molecule has 0 radical (unpaired) electrons. The van der Waals surface area contributed by atoms with Crippen LogP contribution in [0.15, 0.2) is 0 Å². The van der Waals surface area contributed by atoms with Crippen LogP contribution < -0.4 is 0 Å². The molecule has 4 aliphatic rings. The van der Waals surface area contributed by atoms with Gasteiger partial charge in [-0.2, -0.15) is 0 Å². The van der Waals surface area contributed by atoms with Crippen LogP contribution in [0.3, 0.4) is 0 Å². The fourth-order valence-corrected chi connectivity index (χ4v) is 7.35. The van der Waals surface area contributed by atoms with Gasteiger partial charge in [0.05, 0.1) is 0 Å². The number of Topliss-reactive ketones (excluding diaryl/α,β-unsaturated/α-hetero) is 2. The van der Waals surface area contributed by atoms with Gasteiger partial charge in [-0.15, -0.1) is 0 Å². The van der Waals surface area contributed by atoms with E-state index in [2.05, 4.69) is 13.8 Å². The Morgan fingerprint density at radius 3 is 2.52 bits per heavy atom. The van der Waals surface area contributed by atoms with Gasteiger partial charge >= 0.3 is 0 Å². The van der Waals surface area contributed by atoms with Gasteiger partial charge in [0.2, 0.25) is 0 Å². The van der Waals surface area contributed by atoms with Crippen molar-refractivity contribution in [3.8, 4) is 0 Å². The zero-order valence-corrected chi connectivity index (χ0v) is 14.6. The maximum absolute atomic E-state index is 12.4. The standard InChI is InChI=1S/C20H30O3/c1-18-8-6-14-15-3-4-17(23)19(15,2)9-7-16(14)20(18,12-21)10-5-13(22)11-18/h14-16,21H,3-12H2,1-2H3. The van der Waals surface area contributed by atoms with Crippen LogP contribution >= 0.6 is 0 Å². The first-order valence-corrected chi connectivity index (χ1v) is 9.52. The highest BCUT2D eigenvalue weighted by Gasteiger charge is 2.64. The highest BCUT2D eigenvalue weighted by Crippen LogP contribution is 2.68. The van der Waals surface area contributed by atoms with Gasteiger partial charge in [0.1, 0.15) is 11.6 Å². The zero-order valence-electron chi connectivity index (χ0n) is 14.6. The molecular weight excluding hydrogens is 288 g/mol. The van der Waals surface area contributed by atoms with E-state index in [1.807, 2.05) is 0 Å². The molecular formula is C20H30O3. The molecule has 0 heterocycles. The minimum Gasteiger partial charge on any atom is -0.396 e. The largest absolute Gasteiger partial charge is 0.396 e. The number of aliphatic hydroxyl groups is 1. The van der Waals surface area contributed by atoms with Crippen LogP contribution in [-0.2, 0) is 9.59 Å². The van der Waals surface area contributed by atoms with E-state index in [0.717, 1.165) is 44.9 Å². The van der Waals surface area contributed by atoms with E-state index in [1.165, 1.54) is 0 Å². The van der Waals surface area contributed by atoms with E-state index < -0.39 is 0 Å². The monoisotopic (exact) mass is 318 g/mol. The van der Waals surface area contributed by atoms with Crippen molar-refractivity contribution in [3.63, 3.8) is 0 Å². The summed E-state index contributed by atoms with van der Waals surface area (Å²) in [6.07, 6.45) is 8.19. The zero-order chi connectivity index (χ0) is 16.5. The third kappa shape index (κ3) is 1.86. The van der Waals surface area contributed by atoms with Gasteiger partial charge in [-0.05, 0) is 61.7 Å². The van der Waals surface area contributed by atoms with Crippen molar-refractivity contribution in [2.24, 2.45) is 34.0 Å². The average Bonchev–Trinajstić information content (AvgIpc) is 2.82. The molecule has 3 heteroatoms. The van der Waals surface area contributed by atoms with Crippen molar-refractivity contribution in [3.05, 3.63) is 0 Å². The summed E-state index contributed by atoms with van der Waals surface area (Å²) in [5, 5.41) is 10.4. The molecule has 23 heavy (non-hydrogen) atoms. The third-order valence-electron chi connectivity index (χ3n) is 8.81. The molecule has 0 aromatic carbocycles. The first-order valence-electron chi connectivity index (χ1n) is 9.52. The van der Waals surface area contributed by atoms with Gasteiger partial charge in [0, 0.05) is 36.7 Å². The maximum Gasteiger partial charge on any atom is 0.139 e. The molecule has 0 aromatic rings. The summed E-state index contributed by atoms with van der Waals surface area (Å²) < 4.78 is 0. The molecule has 0 aliphatic heterocycles. The lowest BCUT2D eigenvalue weighted by atomic mass is 9.40. The molecule has 0 amide bonds. The van der Waals surface area contributed by atoms with Crippen molar-refractivity contribution in [1.82, 2.24) is 0 Å². The predicted molar refractivity (Wildman–Crippen MR) is 87.8 cm³/mol. The normalized spacial score (nSPS) is 52.7. The predicted octanol–water partition coefficient (Wildman–Crippen LogP) is 3.53. The Morgan fingerprint density at radius 2 is 1.78 bits per heavy atom. The number of carbonyl (C=O) groups excluding carboxylic acids is 2. The Labute approximate surface area is 139 Å². The molecule has 128 valence electrons. The fourth-order valence-electron chi connectivity index (χ4n) is 7.35. The quantitative estimate of drug-likeness (QED) is 0.804. The Morgan fingerprint density at radius 1 is 1.00 bits per heavy atom. The summed E-state index contributed by atoms with van der Waals surface area (Å²) in [4.78, 5) is 24.5. The van der Waals surface area contributed by atoms with Crippen LogP contribution in [0.4, 0.5) is 0 Å². The number of hydrogen-bond donors (Lipinski definition) is 1. The summed E-state index contributed by atoms with van der Waals surface area (Å²) in [7, 11) is 0. The Bertz CT molecular complexity index is 555. The van der Waals surface area contributed by atoms with E-state index in [9.17, 15) is 14.7 Å². The van der Waals surface area contributed by atoms with Crippen LogP contribution in [0.1, 0.15) is 71.6 Å². The van der Waals surface area contributed by atoms with Crippen LogP contribution in [0, 0.1) is 34.0 Å². The fraction of sp³-hybridized carbons (Fsp3) is 0.900. The molecule has 4 rings (SSSR count). The van der Waals surface area contributed by atoms with Gasteiger partial charge in [-0.1, -0.05) is 13.8 Å². The van der Waals surface area contributed by atoms with Gasteiger partial charge in [-0.3, -0.25) is 9.59 Å². The van der Waals surface area contributed by atoms with Crippen LogP contribution in [-0.4, -0.2) is 23.3 Å². The minimum atomic E-state index is -0.101. The molecule has 0 aromatic heterocycles. The highest BCUT2D eigenvalue weighted by atomic mass is 16.3. The van der Waals surface area contributed by atoms with Gasteiger partial charge < -0.3 is 5.11 Å². The summed E-state index contributed by atoms with van der Waals surface area (Å²) in [6.45, 7) is 4.67. The molecule has 6 unspecified atom stereocenters. The van der Waals surface area contributed by atoms with Crippen molar-refractivity contribution in [2.75, 3.05) is 6.61 Å². The van der Waals surface area contributed by atoms with Crippen molar-refractivity contribution in [2.45, 2.75) is 71.6 Å². The minimum absolute atomic E-state index is 0.0331. The SMILES string of the molecule is CC12CCC3C(CCC4(C)CC(=O)CCC34CO)C1CCC2=O. The van der Waals surface area contributed by atoms with E-state index >= 15 is 0 Å². The van der Waals surface area contributed by atoms with Gasteiger partial charge in [-0.25, -0.2) is 0 Å². The Balaban J connectivity index is 1.72.